The van der Waals surface area contributed by atoms with E-state index in [4.69, 9.17) is 18.1 Å². The summed E-state index contributed by atoms with van der Waals surface area (Å²) in [6, 6.07) is 0. The molecule has 0 atom stereocenters. The summed E-state index contributed by atoms with van der Waals surface area (Å²) in [7, 11) is -3.64. The van der Waals surface area contributed by atoms with Gasteiger partial charge in [-0.3, -0.25) is 0 Å². The number of hydrogen-bond donors (Lipinski definition) is 0. The van der Waals surface area contributed by atoms with E-state index in [1.54, 1.807) is 0 Å². The van der Waals surface area contributed by atoms with Crippen molar-refractivity contribution in [3.8, 4) is 0 Å². The Bertz CT molecular complexity index is 301. The molecule has 0 radical (unpaired) electrons. The monoisotopic (exact) mass is 368 g/mol. The average molecular weight is 368 g/mol. The molecule has 0 spiro atoms. The average Bonchev–Trinajstić information content (AvgIpc) is 2.61. The molecule has 0 aromatic rings. The summed E-state index contributed by atoms with van der Waals surface area (Å²) in [4.78, 5) is 0. The summed E-state index contributed by atoms with van der Waals surface area (Å²) >= 11 is 0. The van der Waals surface area contributed by atoms with Crippen molar-refractivity contribution in [3.05, 3.63) is 0 Å². The Kier molecular flexibility index (Phi) is 14.3. The van der Waals surface area contributed by atoms with Crippen LogP contribution < -0.4 is 0 Å². The second-order valence-electron chi connectivity index (χ2n) is 5.67. The zero-order chi connectivity index (χ0) is 16.6. The molecule has 0 saturated carbocycles. The fourth-order valence-electron chi connectivity index (χ4n) is 2.28. The van der Waals surface area contributed by atoms with Gasteiger partial charge >= 0.3 is 16.5 Å². The largest absolute Gasteiger partial charge is 0.697 e. The molecule has 2 fully saturated rings. The van der Waals surface area contributed by atoms with Crippen LogP contribution in [0, 0.1) is 0 Å². The van der Waals surface area contributed by atoms with Gasteiger partial charge in [-0.05, 0) is 25.7 Å². The maximum absolute atomic E-state index is 10.9. The van der Waals surface area contributed by atoms with E-state index in [-0.39, 0.29) is 0 Å². The molecule has 2 saturated heterocycles. The molecule has 23 heavy (non-hydrogen) atoms. The van der Waals surface area contributed by atoms with Gasteiger partial charge in [-0.25, -0.2) is 0 Å². The van der Waals surface area contributed by atoms with Crippen LogP contribution in [0.2, 0.25) is 0 Å². The van der Waals surface area contributed by atoms with Gasteiger partial charge in [0.15, 0.2) is 0 Å². The van der Waals surface area contributed by atoms with Crippen LogP contribution in [0.4, 0.5) is 0 Å². The van der Waals surface area contributed by atoms with E-state index in [1.165, 1.54) is 44.9 Å². The lowest BCUT2D eigenvalue weighted by Gasteiger charge is -1.99. The van der Waals surface area contributed by atoms with Gasteiger partial charge in [-0.2, -0.15) is 0 Å². The SMILES string of the molecule is O=[P+]1OCCCCCCCCO1.O=[P+]1OCCCCCCCO1. The van der Waals surface area contributed by atoms with Gasteiger partial charge in [0, 0.05) is 9.13 Å². The summed E-state index contributed by atoms with van der Waals surface area (Å²) in [6.07, 6.45) is 12.5. The van der Waals surface area contributed by atoms with Crippen LogP contribution in [-0.4, -0.2) is 26.4 Å². The van der Waals surface area contributed by atoms with Gasteiger partial charge < -0.3 is 0 Å². The lowest BCUT2D eigenvalue weighted by atomic mass is 10.1. The molecule has 6 nitrogen and oxygen atoms in total. The highest BCUT2D eigenvalue weighted by Crippen LogP contribution is 2.26. The summed E-state index contributed by atoms with van der Waals surface area (Å²) in [5.74, 6) is 0. The predicted molar refractivity (Wildman–Crippen MR) is 89.8 cm³/mol. The van der Waals surface area contributed by atoms with E-state index in [9.17, 15) is 9.13 Å². The van der Waals surface area contributed by atoms with E-state index in [0.717, 1.165) is 25.7 Å². The van der Waals surface area contributed by atoms with Gasteiger partial charge in [0.25, 0.3) is 0 Å². The molecule has 2 aliphatic rings. The van der Waals surface area contributed by atoms with Crippen molar-refractivity contribution in [1.29, 1.82) is 0 Å². The van der Waals surface area contributed by atoms with Crippen molar-refractivity contribution < 1.29 is 27.2 Å². The third-order valence-electron chi connectivity index (χ3n) is 3.61. The standard InChI is InChI=1S/C8H16O3P.C7H14O3P/c9-12-10-7-5-3-1-2-4-6-8-11-12;8-11-9-6-4-2-1-3-5-7-10-11/h1-8H2;1-7H2/q2*+1. The van der Waals surface area contributed by atoms with E-state index < -0.39 is 16.5 Å². The van der Waals surface area contributed by atoms with Crippen molar-refractivity contribution in [2.75, 3.05) is 26.4 Å². The van der Waals surface area contributed by atoms with Gasteiger partial charge in [0.05, 0.1) is 0 Å². The molecule has 8 heteroatoms. The molecular weight excluding hydrogens is 338 g/mol. The van der Waals surface area contributed by atoms with Crippen molar-refractivity contribution >= 4 is 16.5 Å². The zero-order valence-electron chi connectivity index (χ0n) is 14.0. The molecule has 2 rings (SSSR count). The molecule has 0 unspecified atom stereocenters. The first-order chi connectivity index (χ1) is 11.3. The highest BCUT2D eigenvalue weighted by molar-refractivity contribution is 7.33. The van der Waals surface area contributed by atoms with Gasteiger partial charge in [0.2, 0.25) is 0 Å². The molecule has 0 bridgehead atoms. The summed E-state index contributed by atoms with van der Waals surface area (Å²) in [5.41, 5.74) is 0. The summed E-state index contributed by atoms with van der Waals surface area (Å²) in [5, 5.41) is 0. The second-order valence-corrected chi connectivity index (χ2v) is 7.60. The van der Waals surface area contributed by atoms with Gasteiger partial charge in [-0.1, -0.05) is 44.9 Å². The van der Waals surface area contributed by atoms with Gasteiger partial charge in [0.1, 0.15) is 26.4 Å². The van der Waals surface area contributed by atoms with E-state index >= 15 is 0 Å². The first kappa shape index (κ1) is 21.1. The highest BCUT2D eigenvalue weighted by atomic mass is 31.1. The lowest BCUT2D eigenvalue weighted by molar-refractivity contribution is 0.211. The van der Waals surface area contributed by atoms with Crippen LogP contribution in [0.15, 0.2) is 0 Å². The third-order valence-corrected chi connectivity index (χ3v) is 5.19. The van der Waals surface area contributed by atoms with Crippen molar-refractivity contribution in [2.24, 2.45) is 0 Å². The smallest absolute Gasteiger partial charge is 0.119 e. The zero-order valence-corrected chi connectivity index (χ0v) is 15.7. The minimum atomic E-state index is -1.83. The van der Waals surface area contributed by atoms with E-state index in [2.05, 4.69) is 0 Å². The van der Waals surface area contributed by atoms with Crippen LogP contribution in [0.25, 0.3) is 0 Å². The number of hydrogen-bond acceptors (Lipinski definition) is 6. The Morgan fingerprint density at radius 2 is 0.609 bits per heavy atom. The Morgan fingerprint density at radius 1 is 0.391 bits per heavy atom. The van der Waals surface area contributed by atoms with Crippen LogP contribution in [0.1, 0.15) is 70.6 Å². The quantitative estimate of drug-likeness (QED) is 0.513. The summed E-state index contributed by atoms with van der Waals surface area (Å²) in [6.45, 7) is 2.31. The summed E-state index contributed by atoms with van der Waals surface area (Å²) < 4.78 is 41.5. The van der Waals surface area contributed by atoms with Crippen LogP contribution >= 0.6 is 16.5 Å². The van der Waals surface area contributed by atoms with Crippen LogP contribution in [0.3, 0.4) is 0 Å². The molecule has 0 N–H and O–H groups in total. The Balaban J connectivity index is 0.000000231. The predicted octanol–water partition coefficient (Wildman–Crippen LogP) is 5.67. The maximum Gasteiger partial charge on any atom is 0.697 e. The van der Waals surface area contributed by atoms with Crippen molar-refractivity contribution in [1.82, 2.24) is 0 Å². The molecule has 0 aromatic carbocycles. The third kappa shape index (κ3) is 14.1. The van der Waals surface area contributed by atoms with E-state index in [0.29, 0.717) is 26.4 Å². The fraction of sp³-hybridized carbons (Fsp3) is 1.00. The first-order valence-electron chi connectivity index (χ1n) is 8.75. The Labute approximate surface area is 141 Å². The van der Waals surface area contributed by atoms with Crippen molar-refractivity contribution in [2.45, 2.75) is 70.6 Å². The normalized spacial score (nSPS) is 23.1. The van der Waals surface area contributed by atoms with Crippen LogP contribution in [0.5, 0.6) is 0 Å². The Hall–Kier alpha value is 0.0400. The molecule has 2 heterocycles. The van der Waals surface area contributed by atoms with Gasteiger partial charge in [-0.15, -0.1) is 18.1 Å². The second kappa shape index (κ2) is 15.6. The fourth-order valence-corrected chi connectivity index (χ4v) is 3.54. The highest BCUT2D eigenvalue weighted by Gasteiger charge is 2.20. The maximum atomic E-state index is 10.9. The molecule has 0 aromatic heterocycles. The topological polar surface area (TPSA) is 71.1 Å². The molecule has 0 amide bonds. The molecule has 2 aliphatic heterocycles. The first-order valence-corrected chi connectivity index (χ1v) is 10.9. The van der Waals surface area contributed by atoms with Crippen molar-refractivity contribution in [3.63, 3.8) is 0 Å². The Morgan fingerprint density at radius 3 is 0.870 bits per heavy atom. The molecule has 0 aliphatic carbocycles. The minimum Gasteiger partial charge on any atom is -0.119 e. The minimum absolute atomic E-state index is 0.579. The van der Waals surface area contributed by atoms with E-state index in [1.807, 2.05) is 0 Å². The molecular formula is C15H30O6P2+2. The number of rotatable bonds is 0. The lowest BCUT2D eigenvalue weighted by Crippen LogP contribution is -1.95. The molecule has 134 valence electrons. The van der Waals surface area contributed by atoms with Crippen LogP contribution in [-0.2, 0) is 27.2 Å².